The van der Waals surface area contributed by atoms with Gasteiger partial charge in [0.2, 0.25) is 0 Å². The van der Waals surface area contributed by atoms with E-state index in [4.69, 9.17) is 4.74 Å². The van der Waals surface area contributed by atoms with Crippen LogP contribution < -0.4 is 0 Å². The zero-order chi connectivity index (χ0) is 19.1. The summed E-state index contributed by atoms with van der Waals surface area (Å²) in [7, 11) is 1.63. The van der Waals surface area contributed by atoms with Crippen LogP contribution in [0.5, 0.6) is 0 Å². The highest BCUT2D eigenvalue weighted by atomic mass is 19.1. The number of H-pyrrole nitrogens is 1. The number of rotatable bonds is 8. The van der Waals surface area contributed by atoms with Crippen molar-refractivity contribution < 1.29 is 13.9 Å². The number of nitrogens with one attached hydrogen (secondary N) is 1. The van der Waals surface area contributed by atoms with Crippen molar-refractivity contribution in [1.29, 1.82) is 0 Å². The van der Waals surface area contributed by atoms with Crippen LogP contribution in [-0.2, 0) is 11.3 Å². The molecule has 1 amide bonds. The van der Waals surface area contributed by atoms with Gasteiger partial charge in [-0.2, -0.15) is 5.10 Å². The van der Waals surface area contributed by atoms with Crippen LogP contribution in [0.1, 0.15) is 22.3 Å². The molecular formula is C20H21FN4O2. The largest absolute Gasteiger partial charge is 0.385 e. The zero-order valence-electron chi connectivity index (χ0n) is 15.1. The Bertz CT molecular complexity index is 866. The van der Waals surface area contributed by atoms with Gasteiger partial charge in [-0.05, 0) is 30.2 Å². The number of methoxy groups -OCH3 is 1. The van der Waals surface area contributed by atoms with Crippen LogP contribution in [0.4, 0.5) is 4.39 Å². The lowest BCUT2D eigenvalue weighted by molar-refractivity contribution is 0.0724. The maximum Gasteiger partial charge on any atom is 0.254 e. The summed E-state index contributed by atoms with van der Waals surface area (Å²) in [4.78, 5) is 19.2. The van der Waals surface area contributed by atoms with E-state index in [-0.39, 0.29) is 11.7 Å². The number of amides is 1. The Morgan fingerprint density at radius 2 is 1.96 bits per heavy atom. The lowest BCUT2D eigenvalue weighted by atomic mass is 10.0. The van der Waals surface area contributed by atoms with Crippen molar-refractivity contribution >= 4 is 5.91 Å². The molecule has 140 valence electrons. The van der Waals surface area contributed by atoms with E-state index in [0.29, 0.717) is 43.1 Å². The number of benzene rings is 2. The monoisotopic (exact) mass is 368 g/mol. The Morgan fingerprint density at radius 3 is 2.67 bits per heavy atom. The molecule has 0 saturated carbocycles. The SMILES string of the molecule is COCCCN(Cc1ccc(F)cc1)C(=O)c1ccccc1-c1ncn[nH]1. The predicted octanol–water partition coefficient (Wildman–Crippen LogP) is 3.29. The summed E-state index contributed by atoms with van der Waals surface area (Å²) < 4.78 is 18.3. The second kappa shape index (κ2) is 9.05. The van der Waals surface area contributed by atoms with Crippen LogP contribution in [0.3, 0.4) is 0 Å². The van der Waals surface area contributed by atoms with Gasteiger partial charge >= 0.3 is 0 Å². The minimum absolute atomic E-state index is 0.123. The summed E-state index contributed by atoms with van der Waals surface area (Å²) in [5, 5.41) is 6.67. The molecule has 3 rings (SSSR count). The van der Waals surface area contributed by atoms with E-state index >= 15 is 0 Å². The minimum atomic E-state index is -0.299. The fourth-order valence-corrected chi connectivity index (χ4v) is 2.84. The number of aromatic nitrogens is 3. The normalized spacial score (nSPS) is 10.7. The van der Waals surface area contributed by atoms with E-state index in [2.05, 4.69) is 15.2 Å². The van der Waals surface area contributed by atoms with E-state index < -0.39 is 0 Å². The third-order valence-corrected chi connectivity index (χ3v) is 4.18. The van der Waals surface area contributed by atoms with Crippen molar-refractivity contribution in [2.75, 3.05) is 20.3 Å². The van der Waals surface area contributed by atoms with Crippen molar-refractivity contribution in [3.63, 3.8) is 0 Å². The molecule has 0 saturated heterocycles. The predicted molar refractivity (Wildman–Crippen MR) is 99.5 cm³/mol. The molecule has 1 N–H and O–H groups in total. The highest BCUT2D eigenvalue weighted by Crippen LogP contribution is 2.22. The Morgan fingerprint density at radius 1 is 1.19 bits per heavy atom. The van der Waals surface area contributed by atoms with Gasteiger partial charge in [-0.25, -0.2) is 9.37 Å². The van der Waals surface area contributed by atoms with Crippen molar-refractivity contribution in [3.8, 4) is 11.4 Å². The molecule has 27 heavy (non-hydrogen) atoms. The van der Waals surface area contributed by atoms with Crippen LogP contribution in [-0.4, -0.2) is 46.2 Å². The molecule has 6 nitrogen and oxygen atoms in total. The van der Waals surface area contributed by atoms with Crippen LogP contribution in [0.15, 0.2) is 54.9 Å². The van der Waals surface area contributed by atoms with Crippen molar-refractivity contribution in [1.82, 2.24) is 20.1 Å². The molecule has 1 aromatic heterocycles. The van der Waals surface area contributed by atoms with Crippen LogP contribution in [0, 0.1) is 5.82 Å². The number of aromatic amines is 1. The van der Waals surface area contributed by atoms with Gasteiger partial charge in [-0.15, -0.1) is 0 Å². The molecule has 7 heteroatoms. The number of hydrogen-bond acceptors (Lipinski definition) is 4. The molecule has 1 heterocycles. The molecule has 0 fully saturated rings. The van der Waals surface area contributed by atoms with Crippen molar-refractivity contribution in [2.24, 2.45) is 0 Å². The average molecular weight is 368 g/mol. The number of nitrogens with zero attached hydrogens (tertiary/aromatic N) is 3. The number of hydrogen-bond donors (Lipinski definition) is 1. The molecule has 0 aliphatic rings. The summed E-state index contributed by atoms with van der Waals surface area (Å²) in [5.74, 6) is 0.117. The molecule has 3 aromatic rings. The van der Waals surface area contributed by atoms with Gasteiger partial charge < -0.3 is 9.64 Å². The quantitative estimate of drug-likeness (QED) is 0.620. The van der Waals surface area contributed by atoms with E-state index in [9.17, 15) is 9.18 Å². The summed E-state index contributed by atoms with van der Waals surface area (Å²) in [5.41, 5.74) is 2.09. The lowest BCUT2D eigenvalue weighted by Gasteiger charge is -2.24. The van der Waals surface area contributed by atoms with E-state index in [1.54, 1.807) is 30.2 Å². The Kier molecular flexibility index (Phi) is 6.27. The van der Waals surface area contributed by atoms with E-state index in [1.807, 2.05) is 18.2 Å². The number of ether oxygens (including phenoxy) is 1. The highest BCUT2D eigenvalue weighted by molar-refractivity contribution is 6.00. The maximum atomic E-state index is 13.3. The Hall–Kier alpha value is -3.06. The van der Waals surface area contributed by atoms with Gasteiger partial charge in [0.25, 0.3) is 5.91 Å². The van der Waals surface area contributed by atoms with E-state index in [0.717, 1.165) is 5.56 Å². The van der Waals surface area contributed by atoms with Gasteiger partial charge in [-0.1, -0.05) is 30.3 Å². The maximum absolute atomic E-state index is 13.3. The standard InChI is InChI=1S/C20H21FN4O2/c1-27-12-4-11-25(13-15-7-9-16(21)10-8-15)20(26)18-6-3-2-5-17(18)19-22-14-23-24-19/h2-3,5-10,14H,4,11-13H2,1H3,(H,22,23,24). The highest BCUT2D eigenvalue weighted by Gasteiger charge is 2.20. The average Bonchev–Trinajstić information content (AvgIpc) is 3.23. The fraction of sp³-hybridized carbons (Fsp3) is 0.250. The van der Waals surface area contributed by atoms with Crippen LogP contribution >= 0.6 is 0 Å². The molecule has 0 bridgehead atoms. The molecular weight excluding hydrogens is 347 g/mol. The van der Waals surface area contributed by atoms with Crippen LogP contribution in [0.2, 0.25) is 0 Å². The molecule has 0 aliphatic heterocycles. The molecule has 0 unspecified atom stereocenters. The smallest absolute Gasteiger partial charge is 0.254 e. The third kappa shape index (κ3) is 4.77. The molecule has 2 aromatic carbocycles. The topological polar surface area (TPSA) is 71.1 Å². The first kappa shape index (κ1) is 18.7. The summed E-state index contributed by atoms with van der Waals surface area (Å²) >= 11 is 0. The third-order valence-electron chi connectivity index (χ3n) is 4.18. The first-order valence-electron chi connectivity index (χ1n) is 8.66. The molecule has 0 radical (unpaired) electrons. The second-order valence-corrected chi connectivity index (χ2v) is 6.08. The summed E-state index contributed by atoms with van der Waals surface area (Å²) in [6.45, 7) is 1.46. The van der Waals surface area contributed by atoms with Crippen molar-refractivity contribution in [2.45, 2.75) is 13.0 Å². The number of carbonyl (C=O) groups excluding carboxylic acids is 1. The number of halogens is 1. The lowest BCUT2D eigenvalue weighted by Crippen LogP contribution is -2.32. The van der Waals surface area contributed by atoms with Gasteiger partial charge in [-0.3, -0.25) is 9.89 Å². The fourth-order valence-electron chi connectivity index (χ4n) is 2.84. The van der Waals surface area contributed by atoms with Gasteiger partial charge in [0.15, 0.2) is 5.82 Å². The van der Waals surface area contributed by atoms with Crippen molar-refractivity contribution in [3.05, 3.63) is 71.8 Å². The first-order valence-corrected chi connectivity index (χ1v) is 8.66. The van der Waals surface area contributed by atoms with Gasteiger partial charge in [0.1, 0.15) is 12.1 Å². The Balaban J connectivity index is 1.87. The van der Waals surface area contributed by atoms with Gasteiger partial charge in [0, 0.05) is 32.4 Å². The minimum Gasteiger partial charge on any atom is -0.385 e. The first-order chi connectivity index (χ1) is 13.2. The molecule has 0 atom stereocenters. The van der Waals surface area contributed by atoms with E-state index in [1.165, 1.54) is 18.5 Å². The van der Waals surface area contributed by atoms with Crippen LogP contribution in [0.25, 0.3) is 11.4 Å². The summed E-state index contributed by atoms with van der Waals surface area (Å²) in [6, 6.07) is 13.4. The molecule has 0 aliphatic carbocycles. The summed E-state index contributed by atoms with van der Waals surface area (Å²) in [6.07, 6.45) is 2.11. The second-order valence-electron chi connectivity index (χ2n) is 6.08. The number of carbonyl (C=O) groups is 1. The zero-order valence-corrected chi connectivity index (χ0v) is 15.1. The molecule has 0 spiro atoms. The Labute approximate surface area is 157 Å². The van der Waals surface area contributed by atoms with Gasteiger partial charge in [0.05, 0.1) is 5.56 Å².